The molecule has 13 amide bonds. The third-order valence-corrected chi connectivity index (χ3v) is 14.7. The first kappa shape index (κ1) is 95.1. The number of aliphatic hydroxyl groups is 1. The van der Waals surface area contributed by atoms with Crippen molar-refractivity contribution in [3.8, 4) is 0 Å². The fourth-order valence-corrected chi connectivity index (χ4v) is 9.15. The van der Waals surface area contributed by atoms with Crippen LogP contribution in [-0.4, -0.2) is 280 Å². The van der Waals surface area contributed by atoms with E-state index in [4.69, 9.17) is 5.11 Å². The van der Waals surface area contributed by atoms with Crippen molar-refractivity contribution < 1.29 is 161 Å². The average Bonchev–Trinajstić information content (AvgIpc) is 0.839. The zero-order valence-corrected chi connectivity index (χ0v) is 58.3. The number of carbonyl (C=O) groups excluding carboxylic acids is 15. The molecule has 107 heavy (non-hydrogen) atoms. The Labute approximate surface area is 606 Å². The molecular formula is C60H90N14O33. The smallest absolute Gasteiger partial charge is 0.305 e. The van der Waals surface area contributed by atoms with Gasteiger partial charge in [0, 0.05) is 51.9 Å². The summed E-state index contributed by atoms with van der Waals surface area (Å²) in [5.41, 5.74) is 1.43. The summed E-state index contributed by atoms with van der Waals surface area (Å²) in [7, 11) is 0. The molecule has 0 aromatic rings. The summed E-state index contributed by atoms with van der Waals surface area (Å²) in [5, 5.41) is 122. The van der Waals surface area contributed by atoms with E-state index in [2.05, 4.69) is 47.9 Å². The number of hydroxylamine groups is 1. The Bertz CT molecular complexity index is 3290. The molecular weight excluding hydrogens is 1440 g/mol. The number of ketones is 2. The van der Waals surface area contributed by atoms with Gasteiger partial charge in [0.1, 0.15) is 54.4 Å². The third kappa shape index (κ3) is 39.5. The van der Waals surface area contributed by atoms with Crippen molar-refractivity contribution in [1.82, 2.24) is 74.6 Å². The lowest BCUT2D eigenvalue weighted by molar-refractivity contribution is -0.143. The number of carboxylic acid groups (broad SMARTS) is 8. The molecule has 0 aliphatic heterocycles. The largest absolute Gasteiger partial charge is 0.481 e. The quantitative estimate of drug-likeness (QED) is 0.0199. The predicted octanol–water partition coefficient (Wildman–Crippen LogP) is -9.48. The van der Waals surface area contributed by atoms with Crippen LogP contribution in [0.2, 0.25) is 0 Å². The summed E-state index contributed by atoms with van der Waals surface area (Å²) in [6, 6.07) is -20.3. The number of rotatable bonds is 55. The van der Waals surface area contributed by atoms with Gasteiger partial charge in [0.25, 0.3) is 0 Å². The fourth-order valence-electron chi connectivity index (χ4n) is 9.15. The molecule has 11 atom stereocenters. The number of carboxylic acids is 8. The molecule has 0 aliphatic rings. The van der Waals surface area contributed by atoms with Gasteiger partial charge in [0.2, 0.25) is 88.4 Å². The Balaban J connectivity index is 6.54. The minimum absolute atomic E-state index is 0.572. The molecule has 0 aromatic heterocycles. The van der Waals surface area contributed by atoms with Gasteiger partial charge in [-0.05, 0) is 56.8 Å². The number of carbonyl (C=O) groups is 23. The van der Waals surface area contributed by atoms with Crippen molar-refractivity contribution in [2.75, 3.05) is 26.2 Å². The van der Waals surface area contributed by atoms with Gasteiger partial charge in [-0.15, -0.1) is 0 Å². The molecule has 0 rings (SSSR count). The van der Waals surface area contributed by atoms with Gasteiger partial charge in [-0.1, -0.05) is 27.7 Å². The summed E-state index contributed by atoms with van der Waals surface area (Å²) >= 11 is 0. The molecule has 24 N–H and O–H groups in total. The predicted molar refractivity (Wildman–Crippen MR) is 350 cm³/mol. The minimum atomic E-state index is -2.05. The molecule has 0 aromatic carbocycles. The normalized spacial score (nSPS) is 13.9. The topological polar surface area (TPSA) is 763 Å². The maximum absolute atomic E-state index is 13.8. The van der Waals surface area contributed by atoms with Crippen molar-refractivity contribution in [3.05, 3.63) is 0 Å². The number of aliphatic carboxylic acids is 8. The van der Waals surface area contributed by atoms with Crippen LogP contribution in [0.3, 0.4) is 0 Å². The summed E-state index contributed by atoms with van der Waals surface area (Å²) in [4.78, 5) is 291. The van der Waals surface area contributed by atoms with Crippen LogP contribution in [0.25, 0.3) is 0 Å². The fraction of sp³-hybridized carbons (Fsp3) is 0.617. The molecule has 47 nitrogen and oxygen atoms in total. The maximum atomic E-state index is 13.8. The molecule has 0 bridgehead atoms. The lowest BCUT2D eigenvalue weighted by atomic mass is 9.97. The molecule has 47 heteroatoms. The van der Waals surface area contributed by atoms with Gasteiger partial charge in [0.15, 0.2) is 0 Å². The van der Waals surface area contributed by atoms with E-state index in [0.29, 0.717) is 0 Å². The highest BCUT2D eigenvalue weighted by molar-refractivity contribution is 6.41. The van der Waals surface area contributed by atoms with Crippen LogP contribution in [-0.2, 0) is 110 Å². The van der Waals surface area contributed by atoms with Gasteiger partial charge in [-0.2, -0.15) is 5.48 Å². The van der Waals surface area contributed by atoms with E-state index in [1.807, 2.05) is 21.3 Å². The number of hydrogen-bond acceptors (Lipinski definition) is 26. The van der Waals surface area contributed by atoms with Crippen LogP contribution in [0, 0.1) is 11.8 Å². The Morgan fingerprint density at radius 2 is 0.514 bits per heavy atom. The number of Topliss-reactive ketones (excluding diaryl/α,β-unsaturated/α-hetero) is 2. The first-order chi connectivity index (χ1) is 49.8. The average molecular weight is 1540 g/mol. The van der Waals surface area contributed by atoms with Crippen LogP contribution >= 0.6 is 0 Å². The van der Waals surface area contributed by atoms with Gasteiger partial charge in [-0.25, -0.2) is 0 Å². The maximum Gasteiger partial charge on any atom is 0.305 e. The first-order valence-corrected chi connectivity index (χ1v) is 32.5. The van der Waals surface area contributed by atoms with Gasteiger partial charge in [-0.3, -0.25) is 110 Å². The van der Waals surface area contributed by atoms with Gasteiger partial charge >= 0.3 is 47.8 Å². The molecule has 0 spiro atoms. The van der Waals surface area contributed by atoms with Crippen molar-refractivity contribution in [2.45, 2.75) is 197 Å². The van der Waals surface area contributed by atoms with E-state index in [1.54, 1.807) is 0 Å². The zero-order chi connectivity index (χ0) is 82.1. The molecule has 0 aliphatic carbocycles. The molecule has 0 radical (unpaired) electrons. The first-order valence-electron chi connectivity index (χ1n) is 32.5. The van der Waals surface area contributed by atoms with Crippen LogP contribution in [0.15, 0.2) is 0 Å². The Morgan fingerprint density at radius 1 is 0.271 bits per heavy atom. The zero-order valence-electron chi connectivity index (χ0n) is 58.3. The Kier molecular flexibility index (Phi) is 43.5. The van der Waals surface area contributed by atoms with E-state index >= 15 is 0 Å². The number of hydrogen-bond donors (Lipinski definition) is 24. The highest BCUT2D eigenvalue weighted by Crippen LogP contribution is 2.12. The SMILES string of the molecule is CC(=O)NC(C(=O)N[C@@H](CC(=O)O)C(=O)NC(CO)C(=O)N[C@H](C(=O)NC(CCC(=O)O)C(=O)NCC(=O)NC(CCC(=O)O)C(=O)NCC(=O)NC(CCC(=O)O)C(=O)N[C@@H](CCC(=O)O)C(=O)NC(CCC(=O)O)C(=O)NCC(=O)NC(CCC(=O)O)C(=O)C(=O)[C@H](CCC(=O)O)NO)C(C)C)C(C)C. The monoisotopic (exact) mass is 1530 g/mol. The standard InChI is InChI=1S/C60H90N14O33/c1-25(2)48(64-27(5)76)59(105)71-35(20-47(94)95)57(103)72-36(24-75)58(104)73-49(26(3)4)60(106)70-32(10-17-44(88)89)54(100)63-22-38(78)66-30(8-15-42(84)85)52(98)61-23-39(79)67-33(11-18-45(90)91)55(101)69-34(12-19-46(92)93)56(102)68-31(9-16-43(86)87)53(99)62-21-37(77)65-28(6-13-40(80)81)50(96)51(97)29(74-107)7-14-41(82)83/h25-26,28-36,48-49,74-75,107H,6-24H2,1-5H3,(H,61,98)(H,62,99)(H,63,100)(H,64,76)(H,65,77)(H,66,78)(H,67,79)(H,68,102)(H,69,101)(H,70,106)(H,71,105)(H,72,103)(H,73,104)(H,80,81)(H,82,83)(H,84,85)(H,86,87)(H,88,89)(H,90,91)(H,92,93)(H,94,95)/t28?,29-,30?,31?,32?,33?,34-,35-,36?,48?,49-/m0/s1. The second-order valence-electron chi connectivity index (χ2n) is 24.2. The van der Waals surface area contributed by atoms with Crippen molar-refractivity contribution in [2.24, 2.45) is 11.8 Å². The van der Waals surface area contributed by atoms with Crippen molar-refractivity contribution >= 4 is 136 Å². The minimum Gasteiger partial charge on any atom is -0.481 e. The van der Waals surface area contributed by atoms with Crippen molar-refractivity contribution in [1.29, 1.82) is 0 Å². The second-order valence-corrected chi connectivity index (χ2v) is 24.2. The number of aliphatic hydroxyl groups excluding tert-OH is 1. The molecule has 598 valence electrons. The molecule has 0 fully saturated rings. The van der Waals surface area contributed by atoms with Crippen LogP contribution in [0.4, 0.5) is 0 Å². The highest BCUT2D eigenvalue weighted by Gasteiger charge is 2.38. The summed E-state index contributed by atoms with van der Waals surface area (Å²) < 4.78 is 0. The summed E-state index contributed by atoms with van der Waals surface area (Å²) in [6.07, 6.45) is -12.5. The van der Waals surface area contributed by atoms with Gasteiger partial charge < -0.3 is 120 Å². The summed E-state index contributed by atoms with van der Waals surface area (Å²) in [6.45, 7) is 2.23. The van der Waals surface area contributed by atoms with Crippen molar-refractivity contribution in [3.63, 3.8) is 0 Å². The van der Waals surface area contributed by atoms with E-state index in [9.17, 15) is 156 Å². The molecule has 0 heterocycles. The second kappa shape index (κ2) is 48.9. The van der Waals surface area contributed by atoms with Crippen LogP contribution in [0.5, 0.6) is 0 Å². The highest BCUT2D eigenvalue weighted by atomic mass is 16.5. The Morgan fingerprint density at radius 3 is 0.822 bits per heavy atom. The van der Waals surface area contributed by atoms with Gasteiger partial charge in [0.05, 0.1) is 44.7 Å². The van der Waals surface area contributed by atoms with Crippen LogP contribution in [0.1, 0.15) is 131 Å². The molecule has 7 unspecified atom stereocenters. The lowest BCUT2D eigenvalue weighted by Crippen LogP contribution is -2.61. The number of amides is 13. The van der Waals surface area contributed by atoms with E-state index < -0.39 is 337 Å². The van der Waals surface area contributed by atoms with E-state index in [-0.39, 0.29) is 0 Å². The lowest BCUT2D eigenvalue weighted by Gasteiger charge is -2.28. The third-order valence-electron chi connectivity index (χ3n) is 14.7. The summed E-state index contributed by atoms with van der Waals surface area (Å²) in [5.74, 6) is -33.1. The molecule has 0 saturated heterocycles. The van der Waals surface area contributed by atoms with E-state index in [0.717, 1.165) is 6.92 Å². The van der Waals surface area contributed by atoms with Crippen LogP contribution < -0.4 is 74.6 Å². The molecule has 0 saturated carbocycles. The number of nitrogens with one attached hydrogen (secondary N) is 14. The Hall–Kier alpha value is -11.9. The van der Waals surface area contributed by atoms with E-state index in [1.165, 1.54) is 33.2 Å².